The van der Waals surface area contributed by atoms with Crippen LogP contribution in [0.3, 0.4) is 0 Å². The Morgan fingerprint density at radius 1 is 0.725 bits per heavy atom. The van der Waals surface area contributed by atoms with Crippen LogP contribution in [-0.2, 0) is 20.8 Å². The number of aliphatic hydroxyl groups excluding tert-OH is 1. The smallest absolute Gasteiger partial charge is 0.272 e. The molecule has 3 aromatic carbocycles. The summed E-state index contributed by atoms with van der Waals surface area (Å²) < 4.78 is 0. The van der Waals surface area contributed by atoms with Crippen molar-refractivity contribution in [1.82, 2.24) is 16.1 Å². The SMILES string of the molecule is CC(C)(C)[C@H](NC(=O)[C@H](CCCc1ccccc1)[C@H](O)C(=O)NO)C(=O)NC(c1ccccc1)c1ccccc1. The van der Waals surface area contributed by atoms with Crippen LogP contribution >= 0.6 is 0 Å². The Morgan fingerprint density at radius 3 is 1.70 bits per heavy atom. The molecule has 0 aliphatic rings. The molecule has 0 aliphatic heterocycles. The van der Waals surface area contributed by atoms with Gasteiger partial charge in [-0.25, -0.2) is 5.48 Å². The minimum absolute atomic E-state index is 0.171. The molecule has 0 aliphatic carbocycles. The zero-order chi connectivity index (χ0) is 29.1. The van der Waals surface area contributed by atoms with E-state index in [0.717, 1.165) is 16.7 Å². The lowest BCUT2D eigenvalue weighted by molar-refractivity contribution is -0.147. The summed E-state index contributed by atoms with van der Waals surface area (Å²) in [6.45, 7) is 5.50. The molecule has 0 saturated heterocycles. The van der Waals surface area contributed by atoms with Gasteiger partial charge in [-0.05, 0) is 41.4 Å². The van der Waals surface area contributed by atoms with Gasteiger partial charge in [0.15, 0.2) is 0 Å². The van der Waals surface area contributed by atoms with Crippen molar-refractivity contribution >= 4 is 17.7 Å². The second kappa shape index (κ2) is 14.4. The summed E-state index contributed by atoms with van der Waals surface area (Å²) in [6, 6.07) is 27.3. The van der Waals surface area contributed by atoms with Gasteiger partial charge in [-0.2, -0.15) is 0 Å². The van der Waals surface area contributed by atoms with E-state index in [2.05, 4.69) is 10.6 Å². The monoisotopic (exact) mass is 545 g/mol. The molecule has 0 spiro atoms. The predicted octanol–water partition coefficient (Wildman–Crippen LogP) is 3.93. The van der Waals surface area contributed by atoms with Crippen molar-refractivity contribution in [2.24, 2.45) is 11.3 Å². The molecule has 0 aromatic heterocycles. The number of rotatable bonds is 12. The van der Waals surface area contributed by atoms with Gasteiger partial charge in [-0.1, -0.05) is 112 Å². The Labute approximate surface area is 235 Å². The number of benzene rings is 3. The number of carbonyl (C=O) groups is 3. The second-order valence-corrected chi connectivity index (χ2v) is 11.0. The fourth-order valence-electron chi connectivity index (χ4n) is 4.65. The van der Waals surface area contributed by atoms with Gasteiger partial charge >= 0.3 is 0 Å². The van der Waals surface area contributed by atoms with Crippen molar-refractivity contribution < 1.29 is 24.7 Å². The minimum atomic E-state index is -1.79. The average Bonchev–Trinajstić information content (AvgIpc) is 2.96. The summed E-state index contributed by atoms with van der Waals surface area (Å²) in [5, 5.41) is 25.6. The molecular formula is C32H39N3O5. The largest absolute Gasteiger partial charge is 0.382 e. The number of hydrogen-bond donors (Lipinski definition) is 5. The van der Waals surface area contributed by atoms with Crippen molar-refractivity contribution in [2.45, 2.75) is 58.2 Å². The van der Waals surface area contributed by atoms with E-state index in [4.69, 9.17) is 5.21 Å². The van der Waals surface area contributed by atoms with E-state index in [1.54, 1.807) is 0 Å². The van der Waals surface area contributed by atoms with Crippen LogP contribution in [0.15, 0.2) is 91.0 Å². The molecule has 8 nitrogen and oxygen atoms in total. The molecule has 0 radical (unpaired) electrons. The summed E-state index contributed by atoms with van der Waals surface area (Å²) >= 11 is 0. The second-order valence-electron chi connectivity index (χ2n) is 11.0. The van der Waals surface area contributed by atoms with Crippen LogP contribution in [0.25, 0.3) is 0 Å². The van der Waals surface area contributed by atoms with Crippen LogP contribution < -0.4 is 16.1 Å². The highest BCUT2D eigenvalue weighted by molar-refractivity contribution is 5.92. The van der Waals surface area contributed by atoms with Gasteiger partial charge < -0.3 is 15.7 Å². The Hall–Kier alpha value is -4.01. The quantitative estimate of drug-likeness (QED) is 0.174. The third kappa shape index (κ3) is 8.49. The Bertz CT molecular complexity index is 1190. The van der Waals surface area contributed by atoms with Gasteiger partial charge in [0.2, 0.25) is 11.8 Å². The number of hydrogen-bond acceptors (Lipinski definition) is 5. The van der Waals surface area contributed by atoms with E-state index < -0.39 is 47.2 Å². The first kappa shape index (κ1) is 30.5. The number of aryl methyl sites for hydroxylation is 1. The minimum Gasteiger partial charge on any atom is -0.382 e. The first-order chi connectivity index (χ1) is 19.1. The van der Waals surface area contributed by atoms with E-state index in [1.165, 1.54) is 5.48 Å². The fraction of sp³-hybridized carbons (Fsp3) is 0.344. The maximum atomic E-state index is 13.8. The predicted molar refractivity (Wildman–Crippen MR) is 153 cm³/mol. The lowest BCUT2D eigenvalue weighted by Gasteiger charge is -2.34. The van der Waals surface area contributed by atoms with Gasteiger partial charge in [0.1, 0.15) is 12.1 Å². The third-order valence-corrected chi connectivity index (χ3v) is 6.89. The molecule has 0 heterocycles. The average molecular weight is 546 g/mol. The van der Waals surface area contributed by atoms with Crippen molar-refractivity contribution in [3.63, 3.8) is 0 Å². The molecule has 0 unspecified atom stereocenters. The highest BCUT2D eigenvalue weighted by Crippen LogP contribution is 2.26. The van der Waals surface area contributed by atoms with E-state index in [-0.39, 0.29) is 6.42 Å². The fourth-order valence-corrected chi connectivity index (χ4v) is 4.65. The number of hydroxylamine groups is 1. The first-order valence-corrected chi connectivity index (χ1v) is 13.5. The Morgan fingerprint density at radius 2 is 1.23 bits per heavy atom. The summed E-state index contributed by atoms with van der Waals surface area (Å²) in [7, 11) is 0. The van der Waals surface area contributed by atoms with Crippen LogP contribution in [0.1, 0.15) is 56.3 Å². The lowest BCUT2D eigenvalue weighted by Crippen LogP contribution is -2.57. The lowest BCUT2D eigenvalue weighted by atomic mass is 9.84. The van der Waals surface area contributed by atoms with Gasteiger partial charge in [-0.3, -0.25) is 19.6 Å². The van der Waals surface area contributed by atoms with Crippen LogP contribution in [0.4, 0.5) is 0 Å². The Kier molecular flexibility index (Phi) is 11.0. The molecule has 3 rings (SSSR count). The molecule has 5 N–H and O–H groups in total. The van der Waals surface area contributed by atoms with E-state index in [9.17, 15) is 19.5 Å². The number of carbonyl (C=O) groups excluding carboxylic acids is 3. The van der Waals surface area contributed by atoms with Crippen LogP contribution in [-0.4, -0.2) is 40.2 Å². The summed E-state index contributed by atoms with van der Waals surface area (Å²) in [5.74, 6) is -3.30. The summed E-state index contributed by atoms with van der Waals surface area (Å²) in [5.41, 5.74) is 3.56. The zero-order valence-electron chi connectivity index (χ0n) is 23.2. The molecule has 3 atom stereocenters. The maximum Gasteiger partial charge on any atom is 0.272 e. The van der Waals surface area contributed by atoms with Gasteiger partial charge in [0.25, 0.3) is 5.91 Å². The standard InChI is InChI=1S/C32H39N3O5/c1-32(2,3)28(31(39)33-26(23-17-9-5-10-18-23)24-19-11-6-12-20-24)34-29(37)25(27(36)30(38)35-40)21-13-16-22-14-7-4-8-15-22/h4-12,14-15,17-20,25-28,36,40H,13,16,21H2,1-3H3,(H,33,39)(H,34,37)(H,35,38)/t25-,27+,28-/m1/s1. The van der Waals surface area contributed by atoms with Crippen LogP contribution in [0, 0.1) is 11.3 Å². The highest BCUT2D eigenvalue weighted by Gasteiger charge is 2.38. The molecule has 0 saturated carbocycles. The van der Waals surface area contributed by atoms with Crippen LogP contribution in [0.5, 0.6) is 0 Å². The zero-order valence-corrected chi connectivity index (χ0v) is 23.2. The van der Waals surface area contributed by atoms with Crippen molar-refractivity contribution in [1.29, 1.82) is 0 Å². The molecule has 40 heavy (non-hydrogen) atoms. The summed E-state index contributed by atoms with van der Waals surface area (Å²) in [4.78, 5) is 39.4. The topological polar surface area (TPSA) is 128 Å². The van der Waals surface area contributed by atoms with Gasteiger partial charge in [0.05, 0.1) is 12.0 Å². The summed E-state index contributed by atoms with van der Waals surface area (Å²) in [6.07, 6.45) is -0.471. The molecular weight excluding hydrogens is 506 g/mol. The maximum absolute atomic E-state index is 13.8. The van der Waals surface area contributed by atoms with Crippen molar-refractivity contribution in [2.75, 3.05) is 0 Å². The van der Waals surface area contributed by atoms with Crippen LogP contribution in [0.2, 0.25) is 0 Å². The normalized spacial score (nSPS) is 13.7. The third-order valence-electron chi connectivity index (χ3n) is 6.89. The Balaban J connectivity index is 1.81. The number of aliphatic hydroxyl groups is 1. The molecule has 3 amide bonds. The van der Waals surface area contributed by atoms with Gasteiger partial charge in [-0.15, -0.1) is 0 Å². The van der Waals surface area contributed by atoms with E-state index in [0.29, 0.717) is 12.8 Å². The number of amides is 3. The number of nitrogens with one attached hydrogen (secondary N) is 3. The van der Waals surface area contributed by atoms with Crippen molar-refractivity contribution in [3.05, 3.63) is 108 Å². The molecule has 0 bridgehead atoms. The molecule has 8 heteroatoms. The van der Waals surface area contributed by atoms with E-state index in [1.807, 2.05) is 112 Å². The molecule has 0 fully saturated rings. The van der Waals surface area contributed by atoms with Gasteiger partial charge in [0, 0.05) is 0 Å². The van der Waals surface area contributed by atoms with E-state index >= 15 is 0 Å². The first-order valence-electron chi connectivity index (χ1n) is 13.5. The molecule has 212 valence electrons. The van der Waals surface area contributed by atoms with Crippen molar-refractivity contribution in [3.8, 4) is 0 Å². The molecule has 3 aromatic rings. The highest BCUT2D eigenvalue weighted by atomic mass is 16.5.